The van der Waals surface area contributed by atoms with Crippen molar-refractivity contribution in [1.82, 2.24) is 0 Å². The summed E-state index contributed by atoms with van der Waals surface area (Å²) in [6, 6.07) is 0. The molecule has 0 unspecified atom stereocenters. The number of carbonyl (C=O) groups is 2. The summed E-state index contributed by atoms with van der Waals surface area (Å²) in [6.45, 7) is 8.08. The topological polar surface area (TPSA) is 52.6 Å². The number of carbonyl (C=O) groups excluding carboxylic acids is 2. The molecule has 0 spiro atoms. The molecule has 0 radical (unpaired) electrons. The van der Waals surface area contributed by atoms with E-state index in [4.69, 9.17) is 4.74 Å². The Kier molecular flexibility index (Phi) is 10.0. The van der Waals surface area contributed by atoms with Crippen molar-refractivity contribution in [1.29, 1.82) is 0 Å². The third-order valence-corrected chi connectivity index (χ3v) is 2.42. The molecular formula is C14H24O4. The lowest BCUT2D eigenvalue weighted by Gasteiger charge is -2.06. The van der Waals surface area contributed by atoms with E-state index in [2.05, 4.69) is 25.2 Å². The number of rotatable bonds is 10. The van der Waals surface area contributed by atoms with Gasteiger partial charge >= 0.3 is 11.9 Å². The van der Waals surface area contributed by atoms with Gasteiger partial charge in [-0.25, -0.2) is 0 Å². The van der Waals surface area contributed by atoms with Gasteiger partial charge in [-0.05, 0) is 31.6 Å². The van der Waals surface area contributed by atoms with Crippen LogP contribution in [0.2, 0.25) is 0 Å². The van der Waals surface area contributed by atoms with Gasteiger partial charge < -0.3 is 9.47 Å². The molecular weight excluding hydrogens is 232 g/mol. The largest absolute Gasteiger partial charge is 0.466 e. The Morgan fingerprint density at radius 3 is 2.28 bits per heavy atom. The molecule has 0 aromatic heterocycles. The van der Waals surface area contributed by atoms with Crippen molar-refractivity contribution in [3.05, 3.63) is 12.8 Å². The summed E-state index contributed by atoms with van der Waals surface area (Å²) in [5.74, 6) is 0.144. The minimum Gasteiger partial charge on any atom is -0.466 e. The predicted octanol–water partition coefficient (Wildman–Crippen LogP) is 3.21. The molecule has 4 nitrogen and oxygen atoms in total. The third kappa shape index (κ3) is 11.2. The number of unbranched alkanes of at least 4 members (excludes halogenated alkanes) is 1. The van der Waals surface area contributed by atoms with Crippen LogP contribution < -0.4 is 0 Å². The van der Waals surface area contributed by atoms with E-state index in [0.717, 1.165) is 19.1 Å². The molecule has 0 atom stereocenters. The number of hydrogen-bond acceptors (Lipinski definition) is 4. The van der Waals surface area contributed by atoms with E-state index in [1.807, 2.05) is 0 Å². The fourth-order valence-corrected chi connectivity index (χ4v) is 1.44. The number of hydrogen-bond donors (Lipinski definition) is 0. The van der Waals surface area contributed by atoms with Crippen molar-refractivity contribution in [3.8, 4) is 0 Å². The Morgan fingerprint density at radius 1 is 1.11 bits per heavy atom. The van der Waals surface area contributed by atoms with Gasteiger partial charge in [0.25, 0.3) is 0 Å². The van der Waals surface area contributed by atoms with Gasteiger partial charge in [0.05, 0.1) is 12.9 Å². The Morgan fingerprint density at radius 2 is 1.72 bits per heavy atom. The van der Waals surface area contributed by atoms with E-state index >= 15 is 0 Å². The first-order valence-corrected chi connectivity index (χ1v) is 6.52. The SMILES string of the molecule is C=COC(=O)CCCCC(=O)OCCCC(C)C. The van der Waals surface area contributed by atoms with E-state index in [0.29, 0.717) is 38.2 Å². The van der Waals surface area contributed by atoms with Gasteiger partial charge in [-0.15, -0.1) is 0 Å². The summed E-state index contributed by atoms with van der Waals surface area (Å²) in [7, 11) is 0. The van der Waals surface area contributed by atoms with Crippen molar-refractivity contribution in [2.75, 3.05) is 6.61 Å². The molecule has 0 saturated heterocycles. The molecule has 0 saturated carbocycles. The molecule has 0 aliphatic rings. The van der Waals surface area contributed by atoms with E-state index in [1.165, 1.54) is 0 Å². The Bertz CT molecular complexity index is 259. The second-order valence-electron chi connectivity index (χ2n) is 4.62. The molecule has 0 amide bonds. The van der Waals surface area contributed by atoms with Crippen LogP contribution in [0.3, 0.4) is 0 Å². The average molecular weight is 256 g/mol. The second-order valence-corrected chi connectivity index (χ2v) is 4.62. The van der Waals surface area contributed by atoms with Crippen LogP contribution in [0.4, 0.5) is 0 Å². The number of esters is 2. The van der Waals surface area contributed by atoms with Crippen LogP contribution in [-0.2, 0) is 19.1 Å². The highest BCUT2D eigenvalue weighted by Gasteiger charge is 2.05. The minimum absolute atomic E-state index is 0.184. The molecule has 0 aliphatic carbocycles. The molecule has 18 heavy (non-hydrogen) atoms. The zero-order valence-corrected chi connectivity index (χ0v) is 11.4. The van der Waals surface area contributed by atoms with Crippen LogP contribution in [0.5, 0.6) is 0 Å². The summed E-state index contributed by atoms with van der Waals surface area (Å²) in [5.41, 5.74) is 0. The van der Waals surface area contributed by atoms with Crippen LogP contribution in [-0.4, -0.2) is 18.5 Å². The highest BCUT2D eigenvalue weighted by atomic mass is 16.5. The van der Waals surface area contributed by atoms with E-state index < -0.39 is 0 Å². The zero-order valence-electron chi connectivity index (χ0n) is 11.4. The lowest BCUT2D eigenvalue weighted by Crippen LogP contribution is -2.07. The smallest absolute Gasteiger partial charge is 0.310 e. The van der Waals surface area contributed by atoms with E-state index in [9.17, 15) is 9.59 Å². The highest BCUT2D eigenvalue weighted by Crippen LogP contribution is 2.06. The predicted molar refractivity (Wildman–Crippen MR) is 69.8 cm³/mol. The maximum atomic E-state index is 11.3. The summed E-state index contributed by atoms with van der Waals surface area (Å²) in [5, 5.41) is 0. The summed E-state index contributed by atoms with van der Waals surface area (Å²) < 4.78 is 9.64. The van der Waals surface area contributed by atoms with Gasteiger partial charge in [0.1, 0.15) is 0 Å². The van der Waals surface area contributed by atoms with Gasteiger partial charge in [0, 0.05) is 12.8 Å². The summed E-state index contributed by atoms with van der Waals surface area (Å²) in [6.07, 6.45) is 5.06. The number of ether oxygens (including phenoxy) is 2. The van der Waals surface area contributed by atoms with Crippen LogP contribution >= 0.6 is 0 Å². The van der Waals surface area contributed by atoms with Crippen LogP contribution in [0.15, 0.2) is 12.8 Å². The van der Waals surface area contributed by atoms with Gasteiger partial charge in [-0.2, -0.15) is 0 Å². The van der Waals surface area contributed by atoms with Crippen molar-refractivity contribution in [3.63, 3.8) is 0 Å². The Balaban J connectivity index is 3.37. The summed E-state index contributed by atoms with van der Waals surface area (Å²) in [4.78, 5) is 22.3. The maximum Gasteiger partial charge on any atom is 0.310 e. The highest BCUT2D eigenvalue weighted by molar-refractivity contribution is 5.70. The Labute approximate surface area is 109 Å². The zero-order chi connectivity index (χ0) is 13.8. The molecule has 0 aliphatic heterocycles. The lowest BCUT2D eigenvalue weighted by molar-refractivity contribution is -0.144. The van der Waals surface area contributed by atoms with Crippen LogP contribution in [0.25, 0.3) is 0 Å². The first-order chi connectivity index (χ1) is 8.56. The fraction of sp³-hybridized carbons (Fsp3) is 0.714. The van der Waals surface area contributed by atoms with Crippen molar-refractivity contribution in [2.45, 2.75) is 52.4 Å². The monoisotopic (exact) mass is 256 g/mol. The van der Waals surface area contributed by atoms with Crippen LogP contribution in [0.1, 0.15) is 52.4 Å². The normalized spacial score (nSPS) is 10.2. The molecule has 0 aromatic carbocycles. The molecule has 0 N–H and O–H groups in total. The van der Waals surface area contributed by atoms with Crippen molar-refractivity contribution >= 4 is 11.9 Å². The molecule has 4 heteroatoms. The molecule has 0 heterocycles. The minimum atomic E-state index is -0.310. The first kappa shape index (κ1) is 16.7. The fourth-order valence-electron chi connectivity index (χ4n) is 1.44. The average Bonchev–Trinajstić information content (AvgIpc) is 2.30. The second kappa shape index (κ2) is 10.8. The van der Waals surface area contributed by atoms with Gasteiger partial charge in [-0.1, -0.05) is 20.4 Å². The molecule has 0 rings (SSSR count). The third-order valence-electron chi connectivity index (χ3n) is 2.42. The maximum absolute atomic E-state index is 11.3. The first-order valence-electron chi connectivity index (χ1n) is 6.52. The van der Waals surface area contributed by atoms with E-state index in [-0.39, 0.29) is 11.9 Å². The van der Waals surface area contributed by atoms with Crippen LogP contribution in [0, 0.1) is 5.92 Å². The molecule has 104 valence electrons. The van der Waals surface area contributed by atoms with E-state index in [1.54, 1.807) is 0 Å². The van der Waals surface area contributed by atoms with Crippen molar-refractivity contribution in [2.24, 2.45) is 5.92 Å². The summed E-state index contributed by atoms with van der Waals surface area (Å²) >= 11 is 0. The molecule has 0 fully saturated rings. The van der Waals surface area contributed by atoms with Gasteiger partial charge in [-0.3, -0.25) is 9.59 Å². The standard InChI is InChI=1S/C14H24O4/c1-4-17-13(15)9-5-6-10-14(16)18-11-7-8-12(2)3/h4,12H,1,5-11H2,2-3H3. The Hall–Kier alpha value is -1.32. The quantitative estimate of drug-likeness (QED) is 0.342. The van der Waals surface area contributed by atoms with Crippen molar-refractivity contribution < 1.29 is 19.1 Å². The molecule has 0 aromatic rings. The lowest BCUT2D eigenvalue weighted by atomic mass is 10.1. The van der Waals surface area contributed by atoms with Gasteiger partial charge in [0.15, 0.2) is 0 Å². The van der Waals surface area contributed by atoms with Gasteiger partial charge in [0.2, 0.25) is 0 Å². The molecule has 0 bridgehead atoms.